The van der Waals surface area contributed by atoms with E-state index >= 15 is 0 Å². The number of nitrogens with two attached hydrogens (primary N) is 1. The van der Waals surface area contributed by atoms with Gasteiger partial charge in [-0.3, -0.25) is 0 Å². The summed E-state index contributed by atoms with van der Waals surface area (Å²) in [5, 5.41) is 8.89. The number of sulfonamides is 1. The summed E-state index contributed by atoms with van der Waals surface area (Å²) in [7, 11) is -2.11. The first-order valence-electron chi connectivity index (χ1n) is 5.19. The topological polar surface area (TPSA) is 87.2 Å². The van der Waals surface area contributed by atoms with Gasteiger partial charge >= 0.3 is 0 Å². The number of nitrogens with zero attached hydrogens (tertiary/aromatic N) is 2. The molecule has 0 aromatic heterocycles. The number of benzene rings is 1. The minimum atomic E-state index is -3.60. The van der Waals surface area contributed by atoms with Crippen molar-refractivity contribution < 1.29 is 8.42 Å². The van der Waals surface area contributed by atoms with Gasteiger partial charge in [-0.25, -0.2) is 12.7 Å². The van der Waals surface area contributed by atoms with Crippen molar-refractivity contribution in [2.24, 2.45) is 5.73 Å². The summed E-state index contributed by atoms with van der Waals surface area (Å²) >= 11 is 0. The van der Waals surface area contributed by atoms with Gasteiger partial charge in [0.1, 0.15) is 6.07 Å². The van der Waals surface area contributed by atoms with Gasteiger partial charge in [0.25, 0.3) is 0 Å². The highest BCUT2D eigenvalue weighted by Crippen LogP contribution is 2.18. The van der Waals surface area contributed by atoms with Crippen LogP contribution in [0.4, 0.5) is 0 Å². The molecule has 1 aromatic rings. The molecule has 0 saturated heterocycles. The number of rotatable bonds is 5. The third kappa shape index (κ3) is 3.03. The molecule has 0 radical (unpaired) electrons. The third-order valence-electron chi connectivity index (χ3n) is 2.37. The number of hydrogen-bond acceptors (Lipinski definition) is 4. The average Bonchev–Trinajstić information content (AvgIpc) is 2.35. The summed E-state index contributed by atoms with van der Waals surface area (Å²) in [5.74, 6) is 0. The quantitative estimate of drug-likeness (QED) is 0.829. The van der Waals surface area contributed by atoms with Crippen LogP contribution in [0, 0.1) is 11.3 Å². The maximum atomic E-state index is 12.2. The third-order valence-corrected chi connectivity index (χ3v) is 4.29. The normalized spacial score (nSPS) is 11.4. The molecule has 0 saturated carbocycles. The zero-order valence-corrected chi connectivity index (χ0v) is 10.4. The fraction of sp³-hybridized carbons (Fsp3) is 0.364. The standard InChI is InChI=1S/C11H15N3O2S/c1-14(8-4-7-12)17(15,16)11-6-3-2-5-10(11)9-13/h2-3,5-6H,4,7-8,12H2,1H3. The van der Waals surface area contributed by atoms with Crippen LogP contribution < -0.4 is 5.73 Å². The van der Waals surface area contributed by atoms with Crippen LogP contribution in [0.2, 0.25) is 0 Å². The van der Waals surface area contributed by atoms with Crippen molar-refractivity contribution in [3.05, 3.63) is 29.8 Å². The van der Waals surface area contributed by atoms with Gasteiger partial charge in [-0.2, -0.15) is 5.26 Å². The summed E-state index contributed by atoms with van der Waals surface area (Å²) in [6.45, 7) is 0.776. The fourth-order valence-electron chi connectivity index (χ4n) is 1.39. The van der Waals surface area contributed by atoms with E-state index in [-0.39, 0.29) is 10.5 Å². The molecule has 0 spiro atoms. The van der Waals surface area contributed by atoms with Gasteiger partial charge in [0.15, 0.2) is 0 Å². The van der Waals surface area contributed by atoms with E-state index < -0.39 is 10.0 Å². The van der Waals surface area contributed by atoms with E-state index in [0.717, 1.165) is 0 Å². The van der Waals surface area contributed by atoms with Crippen molar-refractivity contribution in [3.8, 4) is 6.07 Å². The van der Waals surface area contributed by atoms with Crippen molar-refractivity contribution in [2.45, 2.75) is 11.3 Å². The monoisotopic (exact) mass is 253 g/mol. The minimum absolute atomic E-state index is 0.0435. The van der Waals surface area contributed by atoms with E-state index in [1.807, 2.05) is 6.07 Å². The highest BCUT2D eigenvalue weighted by atomic mass is 32.2. The van der Waals surface area contributed by atoms with E-state index in [0.29, 0.717) is 19.5 Å². The molecule has 0 aliphatic carbocycles. The molecule has 0 aliphatic heterocycles. The maximum absolute atomic E-state index is 12.2. The van der Waals surface area contributed by atoms with Crippen LogP contribution in [0.1, 0.15) is 12.0 Å². The summed E-state index contributed by atoms with van der Waals surface area (Å²) in [5.41, 5.74) is 5.50. The van der Waals surface area contributed by atoms with Gasteiger partial charge in [-0.05, 0) is 25.1 Å². The van der Waals surface area contributed by atoms with Gasteiger partial charge in [-0.15, -0.1) is 0 Å². The largest absolute Gasteiger partial charge is 0.330 e. The Hall–Kier alpha value is -1.42. The predicted molar refractivity (Wildman–Crippen MR) is 64.6 cm³/mol. The number of nitriles is 1. The first-order valence-corrected chi connectivity index (χ1v) is 6.63. The van der Waals surface area contributed by atoms with Crippen LogP contribution in [-0.2, 0) is 10.0 Å². The molecule has 92 valence electrons. The van der Waals surface area contributed by atoms with Gasteiger partial charge < -0.3 is 5.73 Å². The highest BCUT2D eigenvalue weighted by Gasteiger charge is 2.22. The van der Waals surface area contributed by atoms with Crippen LogP contribution >= 0.6 is 0 Å². The summed E-state index contributed by atoms with van der Waals surface area (Å²) in [6, 6.07) is 8.05. The van der Waals surface area contributed by atoms with Crippen molar-refractivity contribution >= 4 is 10.0 Å². The Morgan fingerprint density at radius 3 is 2.65 bits per heavy atom. The molecule has 0 amide bonds. The lowest BCUT2D eigenvalue weighted by Gasteiger charge is -2.17. The smallest absolute Gasteiger partial charge is 0.244 e. The lowest BCUT2D eigenvalue weighted by Crippen LogP contribution is -2.29. The van der Waals surface area contributed by atoms with Crippen LogP contribution in [0.5, 0.6) is 0 Å². The van der Waals surface area contributed by atoms with E-state index in [1.54, 1.807) is 12.1 Å². The Morgan fingerprint density at radius 2 is 2.06 bits per heavy atom. The van der Waals surface area contributed by atoms with Crippen molar-refractivity contribution in [1.29, 1.82) is 5.26 Å². The molecule has 0 heterocycles. The molecule has 0 bridgehead atoms. The SMILES string of the molecule is CN(CCCN)S(=O)(=O)c1ccccc1C#N. The molecule has 2 N–H and O–H groups in total. The zero-order chi connectivity index (χ0) is 12.9. The predicted octanol–water partition coefficient (Wildman–Crippen LogP) is 0.528. The second kappa shape index (κ2) is 5.77. The Balaban J connectivity index is 3.10. The van der Waals surface area contributed by atoms with Crippen LogP contribution in [-0.4, -0.2) is 32.9 Å². The summed E-state index contributed by atoms with van der Waals surface area (Å²) in [4.78, 5) is 0.0435. The lowest BCUT2D eigenvalue weighted by molar-refractivity contribution is 0.463. The molecule has 0 fully saturated rings. The van der Waals surface area contributed by atoms with Crippen molar-refractivity contribution in [2.75, 3.05) is 20.1 Å². The summed E-state index contributed by atoms with van der Waals surface area (Å²) < 4.78 is 25.5. The van der Waals surface area contributed by atoms with Gasteiger partial charge in [0.05, 0.1) is 10.5 Å². The van der Waals surface area contributed by atoms with E-state index in [4.69, 9.17) is 11.0 Å². The zero-order valence-electron chi connectivity index (χ0n) is 9.63. The maximum Gasteiger partial charge on any atom is 0.244 e. The Bertz CT molecular complexity index is 520. The Labute approximate surface area is 102 Å². The van der Waals surface area contributed by atoms with Crippen molar-refractivity contribution in [1.82, 2.24) is 4.31 Å². The first-order chi connectivity index (χ1) is 8.04. The molecule has 6 heteroatoms. The van der Waals surface area contributed by atoms with Crippen LogP contribution in [0.15, 0.2) is 29.2 Å². The molecule has 1 aromatic carbocycles. The van der Waals surface area contributed by atoms with Gasteiger partial charge in [0, 0.05) is 13.6 Å². The summed E-state index contributed by atoms with van der Waals surface area (Å²) in [6.07, 6.45) is 0.588. The molecule has 0 aliphatic rings. The second-order valence-corrected chi connectivity index (χ2v) is 5.59. The first kappa shape index (κ1) is 13.6. The van der Waals surface area contributed by atoms with Gasteiger partial charge in [0.2, 0.25) is 10.0 Å². The van der Waals surface area contributed by atoms with E-state index in [2.05, 4.69) is 0 Å². The van der Waals surface area contributed by atoms with Crippen molar-refractivity contribution in [3.63, 3.8) is 0 Å². The van der Waals surface area contributed by atoms with Crippen LogP contribution in [0.25, 0.3) is 0 Å². The molecule has 1 rings (SSSR count). The Kier molecular flexibility index (Phi) is 4.63. The van der Waals surface area contributed by atoms with E-state index in [1.165, 1.54) is 23.5 Å². The number of hydrogen-bond donors (Lipinski definition) is 1. The highest BCUT2D eigenvalue weighted by molar-refractivity contribution is 7.89. The molecule has 0 unspecified atom stereocenters. The fourth-order valence-corrected chi connectivity index (χ4v) is 2.73. The second-order valence-electron chi connectivity index (χ2n) is 3.58. The minimum Gasteiger partial charge on any atom is -0.330 e. The molecule has 17 heavy (non-hydrogen) atoms. The molecular weight excluding hydrogens is 238 g/mol. The molecule has 0 atom stereocenters. The molecular formula is C11H15N3O2S. The van der Waals surface area contributed by atoms with E-state index in [9.17, 15) is 8.42 Å². The molecule has 5 nitrogen and oxygen atoms in total. The average molecular weight is 253 g/mol. The lowest BCUT2D eigenvalue weighted by atomic mass is 10.2. The Morgan fingerprint density at radius 1 is 1.41 bits per heavy atom. The van der Waals surface area contributed by atoms with Gasteiger partial charge in [-0.1, -0.05) is 12.1 Å². The van der Waals surface area contributed by atoms with Crippen LogP contribution in [0.3, 0.4) is 0 Å².